The van der Waals surface area contributed by atoms with Crippen LogP contribution in [0.4, 0.5) is 0 Å². The van der Waals surface area contributed by atoms with Crippen LogP contribution >= 0.6 is 11.3 Å². The van der Waals surface area contributed by atoms with E-state index in [1.807, 2.05) is 28.9 Å². The van der Waals surface area contributed by atoms with Gasteiger partial charge in [0.25, 0.3) is 0 Å². The first-order chi connectivity index (χ1) is 17.2. The number of rotatable bonds is 9. The molecule has 8 nitrogen and oxygen atoms in total. The summed E-state index contributed by atoms with van der Waals surface area (Å²) in [5, 5.41) is 15.0. The number of tetrazole rings is 1. The molecule has 4 aromatic rings. The van der Waals surface area contributed by atoms with Gasteiger partial charge in [0, 0.05) is 43.2 Å². The standard InChI is InChI=1S/C26H30N6O2S/c1-33-22-11-9-20(10-12-22)25(26-27-28-29-32(26)19-23-7-5-17-35-23)31-15-13-30(14-16-31)18-21-6-3-4-8-24(21)34-2/h3-12,17,25H,13-16,18-19H2,1-2H3. The van der Waals surface area contributed by atoms with E-state index in [4.69, 9.17) is 9.47 Å². The largest absolute Gasteiger partial charge is 0.497 e. The molecule has 9 heteroatoms. The van der Waals surface area contributed by atoms with Crippen LogP contribution in [0, 0.1) is 0 Å². The molecule has 182 valence electrons. The Bertz CT molecular complexity index is 1200. The fourth-order valence-corrected chi connectivity index (χ4v) is 5.32. The summed E-state index contributed by atoms with van der Waals surface area (Å²) in [5.74, 6) is 2.65. The smallest absolute Gasteiger partial charge is 0.173 e. The number of para-hydroxylation sites is 1. The summed E-state index contributed by atoms with van der Waals surface area (Å²) < 4.78 is 12.9. The molecular formula is C26H30N6O2S. The van der Waals surface area contributed by atoms with E-state index in [9.17, 15) is 0 Å². The third-order valence-corrected chi connectivity index (χ3v) is 7.34. The second kappa shape index (κ2) is 11.0. The topological polar surface area (TPSA) is 68.5 Å². The van der Waals surface area contributed by atoms with Crippen LogP contribution in [0.15, 0.2) is 66.0 Å². The number of nitrogens with zero attached hydrogens (tertiary/aromatic N) is 6. The fourth-order valence-electron chi connectivity index (χ4n) is 4.63. The Morgan fingerprint density at radius 3 is 2.40 bits per heavy atom. The lowest BCUT2D eigenvalue weighted by atomic mass is 10.0. The molecule has 35 heavy (non-hydrogen) atoms. The first kappa shape index (κ1) is 23.5. The highest BCUT2D eigenvalue weighted by Gasteiger charge is 2.31. The van der Waals surface area contributed by atoms with E-state index in [-0.39, 0.29) is 6.04 Å². The Kier molecular flexibility index (Phi) is 7.37. The predicted molar refractivity (Wildman–Crippen MR) is 136 cm³/mol. The molecular weight excluding hydrogens is 460 g/mol. The van der Waals surface area contributed by atoms with Gasteiger partial charge in [-0.25, -0.2) is 4.68 Å². The van der Waals surface area contributed by atoms with Gasteiger partial charge in [-0.15, -0.1) is 16.4 Å². The van der Waals surface area contributed by atoms with Crippen molar-refractivity contribution >= 4 is 11.3 Å². The lowest BCUT2D eigenvalue weighted by Crippen LogP contribution is -2.48. The lowest BCUT2D eigenvalue weighted by Gasteiger charge is -2.39. The Hall–Kier alpha value is -3.27. The first-order valence-electron chi connectivity index (χ1n) is 11.8. The maximum absolute atomic E-state index is 5.56. The van der Waals surface area contributed by atoms with Gasteiger partial charge in [0.1, 0.15) is 11.5 Å². The van der Waals surface area contributed by atoms with E-state index in [0.29, 0.717) is 6.54 Å². The third kappa shape index (κ3) is 5.37. The SMILES string of the molecule is COc1ccc(C(c2nnnn2Cc2cccs2)N2CCN(Cc3ccccc3OC)CC2)cc1. The number of aromatic nitrogens is 4. The van der Waals surface area contributed by atoms with Gasteiger partial charge < -0.3 is 9.47 Å². The average molecular weight is 491 g/mol. The number of hydrogen-bond acceptors (Lipinski definition) is 8. The molecule has 0 aliphatic carbocycles. The zero-order chi connectivity index (χ0) is 24.0. The molecule has 1 aliphatic heterocycles. The molecule has 0 spiro atoms. The quantitative estimate of drug-likeness (QED) is 0.354. The molecule has 5 rings (SSSR count). The summed E-state index contributed by atoms with van der Waals surface area (Å²) in [7, 11) is 3.42. The van der Waals surface area contributed by atoms with E-state index in [1.54, 1.807) is 25.6 Å². The van der Waals surface area contributed by atoms with Crippen LogP contribution in [0.1, 0.15) is 27.9 Å². The van der Waals surface area contributed by atoms with Gasteiger partial charge >= 0.3 is 0 Å². The van der Waals surface area contributed by atoms with E-state index in [0.717, 1.165) is 55.6 Å². The minimum atomic E-state index is -0.0377. The Balaban J connectivity index is 1.37. The molecule has 1 saturated heterocycles. The highest BCUT2D eigenvalue weighted by atomic mass is 32.1. The van der Waals surface area contributed by atoms with E-state index >= 15 is 0 Å². The molecule has 0 radical (unpaired) electrons. The molecule has 1 aliphatic rings. The number of piperazine rings is 1. The number of benzene rings is 2. The summed E-state index contributed by atoms with van der Waals surface area (Å²) >= 11 is 1.72. The van der Waals surface area contributed by atoms with Crippen molar-refractivity contribution in [3.63, 3.8) is 0 Å². The minimum Gasteiger partial charge on any atom is -0.497 e. The van der Waals surface area contributed by atoms with Crippen LogP contribution in [-0.2, 0) is 13.1 Å². The van der Waals surface area contributed by atoms with Crippen molar-refractivity contribution < 1.29 is 9.47 Å². The molecule has 0 saturated carbocycles. The highest BCUT2D eigenvalue weighted by Crippen LogP contribution is 2.30. The maximum atomic E-state index is 5.56. The van der Waals surface area contributed by atoms with Gasteiger partial charge in [-0.1, -0.05) is 36.4 Å². The number of hydrogen-bond donors (Lipinski definition) is 0. The summed E-state index contributed by atoms with van der Waals surface area (Å²) in [5.41, 5.74) is 2.38. The van der Waals surface area contributed by atoms with Crippen molar-refractivity contribution in [3.8, 4) is 11.5 Å². The fraction of sp³-hybridized carbons (Fsp3) is 0.346. The molecule has 0 N–H and O–H groups in total. The number of ether oxygens (including phenoxy) is 2. The normalized spacial score (nSPS) is 15.7. The van der Waals surface area contributed by atoms with Crippen molar-refractivity contribution in [2.45, 2.75) is 19.1 Å². The van der Waals surface area contributed by atoms with Gasteiger partial charge in [0.2, 0.25) is 0 Å². The molecule has 1 unspecified atom stereocenters. The number of thiophene rings is 1. The van der Waals surface area contributed by atoms with Crippen LogP contribution in [0.25, 0.3) is 0 Å². The maximum Gasteiger partial charge on any atom is 0.173 e. The van der Waals surface area contributed by atoms with E-state index < -0.39 is 0 Å². The summed E-state index contributed by atoms with van der Waals surface area (Å²) in [6.07, 6.45) is 0. The van der Waals surface area contributed by atoms with Gasteiger partial charge in [0.15, 0.2) is 5.82 Å². The van der Waals surface area contributed by atoms with Crippen LogP contribution in [0.2, 0.25) is 0 Å². The average Bonchev–Trinajstić information content (AvgIpc) is 3.59. The molecule has 2 aromatic heterocycles. The van der Waals surface area contributed by atoms with Crippen LogP contribution in [0.5, 0.6) is 11.5 Å². The van der Waals surface area contributed by atoms with Crippen molar-refractivity contribution in [3.05, 3.63) is 87.9 Å². The lowest BCUT2D eigenvalue weighted by molar-refractivity contribution is 0.0997. The second-order valence-corrected chi connectivity index (χ2v) is 9.61. The highest BCUT2D eigenvalue weighted by molar-refractivity contribution is 7.09. The van der Waals surface area contributed by atoms with Crippen LogP contribution in [-0.4, -0.2) is 70.4 Å². The summed E-state index contributed by atoms with van der Waals surface area (Å²) in [4.78, 5) is 6.19. The third-order valence-electron chi connectivity index (χ3n) is 6.48. The first-order valence-corrected chi connectivity index (χ1v) is 12.6. The van der Waals surface area contributed by atoms with Crippen molar-refractivity contribution in [2.24, 2.45) is 0 Å². The monoisotopic (exact) mass is 490 g/mol. The van der Waals surface area contributed by atoms with E-state index in [1.165, 1.54) is 10.4 Å². The Morgan fingerprint density at radius 1 is 0.886 bits per heavy atom. The van der Waals surface area contributed by atoms with Gasteiger partial charge in [0.05, 0.1) is 26.8 Å². The van der Waals surface area contributed by atoms with Crippen molar-refractivity contribution in [2.75, 3.05) is 40.4 Å². The van der Waals surface area contributed by atoms with Gasteiger partial charge in [-0.05, 0) is 45.6 Å². The van der Waals surface area contributed by atoms with Crippen molar-refractivity contribution in [1.82, 2.24) is 30.0 Å². The molecule has 3 heterocycles. The minimum absolute atomic E-state index is 0.0377. The van der Waals surface area contributed by atoms with Gasteiger partial charge in [-0.2, -0.15) is 0 Å². The molecule has 1 fully saturated rings. The van der Waals surface area contributed by atoms with Gasteiger partial charge in [-0.3, -0.25) is 9.80 Å². The van der Waals surface area contributed by atoms with Crippen LogP contribution in [0.3, 0.4) is 0 Å². The Labute approximate surface area is 209 Å². The zero-order valence-corrected chi connectivity index (χ0v) is 20.9. The number of methoxy groups -OCH3 is 2. The Morgan fingerprint density at radius 2 is 1.69 bits per heavy atom. The second-order valence-electron chi connectivity index (χ2n) is 8.57. The van der Waals surface area contributed by atoms with Crippen LogP contribution < -0.4 is 9.47 Å². The molecule has 0 bridgehead atoms. The van der Waals surface area contributed by atoms with Crippen molar-refractivity contribution in [1.29, 1.82) is 0 Å². The predicted octanol–water partition coefficient (Wildman–Crippen LogP) is 3.71. The molecule has 2 aromatic carbocycles. The summed E-state index contributed by atoms with van der Waals surface area (Å²) in [6, 6.07) is 20.7. The molecule has 0 amide bonds. The zero-order valence-electron chi connectivity index (χ0n) is 20.1. The van der Waals surface area contributed by atoms with E-state index in [2.05, 4.69) is 67.1 Å². The molecule has 1 atom stereocenters. The summed E-state index contributed by atoms with van der Waals surface area (Å²) in [6.45, 7) is 5.28.